The van der Waals surface area contributed by atoms with Crippen LogP contribution in [0.2, 0.25) is 5.02 Å². The van der Waals surface area contributed by atoms with E-state index in [1.165, 1.54) is 11.3 Å². The maximum absolute atomic E-state index is 10.5. The summed E-state index contributed by atoms with van der Waals surface area (Å²) in [6, 6.07) is 15.5. The zero-order chi connectivity index (χ0) is 17.8. The number of aryl methyl sites for hydroxylation is 1. The summed E-state index contributed by atoms with van der Waals surface area (Å²) in [6.45, 7) is 2.89. The van der Waals surface area contributed by atoms with Crippen molar-refractivity contribution in [3.05, 3.63) is 59.4 Å². The number of aliphatic hydroxyl groups excluding tert-OH is 1. The van der Waals surface area contributed by atoms with Crippen LogP contribution in [0.15, 0.2) is 48.5 Å². The molecule has 0 bridgehead atoms. The minimum atomic E-state index is -0.606. The Morgan fingerprint density at radius 3 is 2.76 bits per heavy atom. The number of rotatable bonds is 7. The molecular formula is C20H24ClN2O2+. The van der Waals surface area contributed by atoms with Crippen molar-refractivity contribution in [3.8, 4) is 5.75 Å². The second-order valence-corrected chi connectivity index (χ2v) is 6.68. The molecule has 0 amide bonds. The van der Waals surface area contributed by atoms with Gasteiger partial charge < -0.3 is 9.84 Å². The summed E-state index contributed by atoms with van der Waals surface area (Å²) in [5.41, 5.74) is 2.31. The Morgan fingerprint density at radius 2 is 2.00 bits per heavy atom. The van der Waals surface area contributed by atoms with Crippen molar-refractivity contribution in [3.63, 3.8) is 0 Å². The Kier molecular flexibility index (Phi) is 5.61. The largest absolute Gasteiger partial charge is 0.491 e. The van der Waals surface area contributed by atoms with Gasteiger partial charge >= 0.3 is 0 Å². The highest BCUT2D eigenvalue weighted by Gasteiger charge is 2.23. The van der Waals surface area contributed by atoms with Crippen molar-refractivity contribution in [2.45, 2.75) is 32.4 Å². The first-order valence-corrected chi connectivity index (χ1v) is 9.00. The number of aromatic nitrogens is 2. The average Bonchev–Trinajstić information content (AvgIpc) is 2.87. The second kappa shape index (κ2) is 7.89. The van der Waals surface area contributed by atoms with E-state index in [1.54, 1.807) is 12.1 Å². The van der Waals surface area contributed by atoms with Crippen LogP contribution in [0.3, 0.4) is 0 Å². The molecule has 4 nitrogen and oxygen atoms in total. The van der Waals surface area contributed by atoms with E-state index < -0.39 is 6.10 Å². The highest BCUT2D eigenvalue weighted by molar-refractivity contribution is 6.30. The van der Waals surface area contributed by atoms with E-state index in [4.69, 9.17) is 16.3 Å². The highest BCUT2D eigenvalue weighted by Crippen LogP contribution is 2.19. The first kappa shape index (κ1) is 17.8. The maximum Gasteiger partial charge on any atom is 0.257 e. The molecule has 1 N–H and O–H groups in total. The van der Waals surface area contributed by atoms with Crippen LogP contribution in [0.25, 0.3) is 11.0 Å². The van der Waals surface area contributed by atoms with E-state index in [2.05, 4.69) is 35.2 Å². The third-order valence-corrected chi connectivity index (χ3v) is 4.57. The van der Waals surface area contributed by atoms with Crippen molar-refractivity contribution < 1.29 is 14.4 Å². The first-order valence-electron chi connectivity index (χ1n) is 8.62. The van der Waals surface area contributed by atoms with E-state index in [0.717, 1.165) is 18.4 Å². The molecule has 25 heavy (non-hydrogen) atoms. The zero-order valence-electron chi connectivity index (χ0n) is 14.7. The van der Waals surface area contributed by atoms with Crippen LogP contribution in [0.5, 0.6) is 5.75 Å². The Labute approximate surface area is 153 Å². The van der Waals surface area contributed by atoms with Gasteiger partial charge in [-0.3, -0.25) is 0 Å². The molecule has 0 fully saturated rings. The third-order valence-electron chi connectivity index (χ3n) is 4.34. The predicted molar refractivity (Wildman–Crippen MR) is 100 cm³/mol. The molecule has 2 aromatic carbocycles. The number of ether oxygens (including phenoxy) is 1. The summed E-state index contributed by atoms with van der Waals surface area (Å²) in [6.07, 6.45) is 1.41. The number of nitrogens with zero attached hydrogens (tertiary/aromatic N) is 2. The maximum atomic E-state index is 10.5. The van der Waals surface area contributed by atoms with Gasteiger partial charge in [-0.1, -0.05) is 36.7 Å². The van der Waals surface area contributed by atoms with Crippen molar-refractivity contribution in [2.75, 3.05) is 6.61 Å². The topological polar surface area (TPSA) is 38.3 Å². The number of para-hydroxylation sites is 2. The molecule has 0 aliphatic rings. The highest BCUT2D eigenvalue weighted by atomic mass is 35.5. The molecule has 1 heterocycles. The molecule has 132 valence electrons. The van der Waals surface area contributed by atoms with Gasteiger partial charge in [0.25, 0.3) is 5.82 Å². The lowest BCUT2D eigenvalue weighted by Gasteiger charge is -2.12. The molecule has 3 aromatic rings. The Morgan fingerprint density at radius 1 is 1.20 bits per heavy atom. The van der Waals surface area contributed by atoms with Gasteiger partial charge in [-0.2, -0.15) is 0 Å². The predicted octanol–water partition coefficient (Wildman–Crippen LogP) is 3.51. The van der Waals surface area contributed by atoms with Crippen molar-refractivity contribution in [1.29, 1.82) is 0 Å². The number of hydrogen-bond acceptors (Lipinski definition) is 2. The van der Waals surface area contributed by atoms with Gasteiger partial charge in [0.15, 0.2) is 11.0 Å². The number of hydrogen-bond donors (Lipinski definition) is 1. The zero-order valence-corrected chi connectivity index (χ0v) is 15.4. The molecule has 0 spiro atoms. The first-order chi connectivity index (χ1) is 12.1. The van der Waals surface area contributed by atoms with Crippen LogP contribution in [0, 0.1) is 0 Å². The average molecular weight is 360 g/mol. The SMILES string of the molecule is CCCc1n(C[C@@H](O)COc2cccc(Cl)c2)c2ccccc2[n+]1C. The summed E-state index contributed by atoms with van der Waals surface area (Å²) in [7, 11) is 2.08. The lowest BCUT2D eigenvalue weighted by Crippen LogP contribution is -2.34. The molecule has 1 atom stereocenters. The van der Waals surface area contributed by atoms with Gasteiger partial charge in [0.05, 0.1) is 7.05 Å². The number of aliphatic hydroxyl groups is 1. The van der Waals surface area contributed by atoms with Gasteiger partial charge in [0.2, 0.25) is 0 Å². The van der Waals surface area contributed by atoms with E-state index in [0.29, 0.717) is 17.3 Å². The van der Waals surface area contributed by atoms with Crippen LogP contribution >= 0.6 is 11.6 Å². The van der Waals surface area contributed by atoms with E-state index in [1.807, 2.05) is 24.3 Å². The Balaban J connectivity index is 1.78. The van der Waals surface area contributed by atoms with E-state index >= 15 is 0 Å². The minimum absolute atomic E-state index is 0.224. The molecule has 0 radical (unpaired) electrons. The normalized spacial score (nSPS) is 12.5. The molecule has 0 aliphatic carbocycles. The number of imidazole rings is 1. The standard InChI is InChI=1S/C20H24ClN2O2/c1-3-7-20-22(2)18-10-4-5-11-19(18)23(20)13-16(24)14-25-17-9-6-8-15(21)12-17/h4-6,8-12,16,24H,3,7,13-14H2,1-2H3/q+1/t16-/m1/s1. The lowest BCUT2D eigenvalue weighted by atomic mass is 10.3. The van der Waals surface area contributed by atoms with Crippen molar-refractivity contribution in [2.24, 2.45) is 7.05 Å². The molecule has 0 saturated carbocycles. The second-order valence-electron chi connectivity index (χ2n) is 6.25. The van der Waals surface area contributed by atoms with E-state index in [-0.39, 0.29) is 6.61 Å². The molecular weight excluding hydrogens is 336 g/mol. The fourth-order valence-electron chi connectivity index (χ4n) is 3.18. The summed E-state index contributed by atoms with van der Waals surface area (Å²) >= 11 is 5.96. The van der Waals surface area contributed by atoms with Gasteiger partial charge in [0, 0.05) is 11.4 Å². The summed E-state index contributed by atoms with van der Waals surface area (Å²) in [4.78, 5) is 0. The molecule has 0 saturated heterocycles. The van der Waals surface area contributed by atoms with E-state index in [9.17, 15) is 5.11 Å². The van der Waals surface area contributed by atoms with Gasteiger partial charge in [-0.05, 0) is 36.8 Å². The Hall–Kier alpha value is -2.04. The minimum Gasteiger partial charge on any atom is -0.491 e. The summed E-state index contributed by atoms with van der Waals surface area (Å²) < 4.78 is 10.1. The van der Waals surface area contributed by atoms with Crippen LogP contribution < -0.4 is 9.30 Å². The molecule has 1 aromatic heterocycles. The van der Waals surface area contributed by atoms with Crippen LogP contribution in [0.4, 0.5) is 0 Å². The van der Waals surface area contributed by atoms with Crippen LogP contribution in [-0.4, -0.2) is 22.4 Å². The fourth-order valence-corrected chi connectivity index (χ4v) is 3.36. The molecule has 0 aliphatic heterocycles. The Bertz CT molecular complexity index is 860. The van der Waals surface area contributed by atoms with Crippen LogP contribution in [0.1, 0.15) is 19.2 Å². The molecule has 5 heteroatoms. The number of benzene rings is 2. The summed E-state index contributed by atoms with van der Waals surface area (Å²) in [5.74, 6) is 1.88. The monoisotopic (exact) mass is 359 g/mol. The summed E-state index contributed by atoms with van der Waals surface area (Å²) in [5, 5.41) is 11.1. The number of fused-ring (bicyclic) bond motifs is 1. The van der Waals surface area contributed by atoms with Gasteiger partial charge in [0.1, 0.15) is 25.0 Å². The smallest absolute Gasteiger partial charge is 0.257 e. The number of halogens is 1. The van der Waals surface area contributed by atoms with Crippen molar-refractivity contribution in [1.82, 2.24) is 4.57 Å². The third kappa shape index (κ3) is 3.97. The van der Waals surface area contributed by atoms with Crippen molar-refractivity contribution >= 4 is 22.6 Å². The van der Waals surface area contributed by atoms with Gasteiger partial charge in [-0.15, -0.1) is 0 Å². The lowest BCUT2D eigenvalue weighted by molar-refractivity contribution is -0.654. The fraction of sp³-hybridized carbons (Fsp3) is 0.350. The molecule has 0 unspecified atom stereocenters. The quantitative estimate of drug-likeness (QED) is 0.655. The van der Waals surface area contributed by atoms with Gasteiger partial charge in [-0.25, -0.2) is 9.13 Å². The van der Waals surface area contributed by atoms with Crippen LogP contribution in [-0.2, 0) is 20.0 Å². The molecule has 3 rings (SSSR count).